The first kappa shape index (κ1) is 18.9. The zero-order valence-corrected chi connectivity index (χ0v) is 15.9. The number of fused-ring (bicyclic) bond motifs is 2. The summed E-state index contributed by atoms with van der Waals surface area (Å²) in [6, 6.07) is 10.3. The van der Waals surface area contributed by atoms with E-state index >= 15 is 0 Å². The van der Waals surface area contributed by atoms with Gasteiger partial charge in [-0.15, -0.1) is 11.3 Å². The van der Waals surface area contributed by atoms with E-state index in [0.29, 0.717) is 21.5 Å². The zero-order chi connectivity index (χ0) is 19.6. The summed E-state index contributed by atoms with van der Waals surface area (Å²) in [5.41, 5.74) is 0.179. The molecule has 0 bridgehead atoms. The highest BCUT2D eigenvalue weighted by atomic mass is 35.5. The number of rotatable bonds is 4. The molecule has 0 saturated heterocycles. The van der Waals surface area contributed by atoms with E-state index in [0.717, 1.165) is 15.5 Å². The van der Waals surface area contributed by atoms with E-state index < -0.39 is 11.9 Å². The standard InChI is InChI=1S/C19H14ClNO5S/c1-25-17(22)9-14(19(24)26-2)21-11-4-6-16-13(8-11)18(23)12-7-10(20)3-5-15(12)27-16/h3-9,21H,1-2H3/b14-9+. The van der Waals surface area contributed by atoms with Crippen LogP contribution in [0.3, 0.4) is 0 Å². The highest BCUT2D eigenvalue weighted by molar-refractivity contribution is 7.24. The van der Waals surface area contributed by atoms with E-state index in [4.69, 9.17) is 11.6 Å². The number of hydrogen-bond acceptors (Lipinski definition) is 7. The first-order valence-electron chi connectivity index (χ1n) is 7.74. The molecule has 0 atom stereocenters. The van der Waals surface area contributed by atoms with Crippen LogP contribution in [-0.2, 0) is 19.1 Å². The minimum atomic E-state index is -0.740. The summed E-state index contributed by atoms with van der Waals surface area (Å²) in [6.45, 7) is 0. The van der Waals surface area contributed by atoms with E-state index in [9.17, 15) is 14.4 Å². The Morgan fingerprint density at radius 3 is 2.37 bits per heavy atom. The second-order valence-corrected chi connectivity index (χ2v) is 7.00. The van der Waals surface area contributed by atoms with Crippen molar-refractivity contribution < 1.29 is 19.1 Å². The molecule has 1 N–H and O–H groups in total. The van der Waals surface area contributed by atoms with Crippen molar-refractivity contribution in [2.45, 2.75) is 0 Å². The van der Waals surface area contributed by atoms with Crippen LogP contribution in [0.15, 0.2) is 53.0 Å². The minimum Gasteiger partial charge on any atom is -0.466 e. The third-order valence-electron chi connectivity index (χ3n) is 3.78. The molecular formula is C19H14ClNO5S. The molecule has 6 nitrogen and oxygen atoms in total. The molecule has 2 aromatic carbocycles. The summed E-state index contributed by atoms with van der Waals surface area (Å²) < 4.78 is 10.8. The molecule has 0 aliphatic rings. The number of nitrogens with one attached hydrogen (secondary N) is 1. The van der Waals surface area contributed by atoms with Gasteiger partial charge in [0.05, 0.1) is 20.3 Å². The number of carbonyl (C=O) groups excluding carboxylic acids is 2. The molecule has 0 aliphatic heterocycles. The van der Waals surface area contributed by atoms with Gasteiger partial charge in [0.1, 0.15) is 5.70 Å². The molecule has 27 heavy (non-hydrogen) atoms. The van der Waals surface area contributed by atoms with Crippen molar-refractivity contribution in [2.75, 3.05) is 19.5 Å². The third kappa shape index (κ3) is 3.94. The number of hydrogen-bond donors (Lipinski definition) is 1. The molecule has 1 heterocycles. The number of carbonyl (C=O) groups is 2. The quantitative estimate of drug-likeness (QED) is 0.406. The fourth-order valence-electron chi connectivity index (χ4n) is 2.49. The Hall–Kier alpha value is -2.90. The number of anilines is 1. The SMILES string of the molecule is COC(=O)/C=C(/Nc1ccc2sc3ccc(Cl)cc3c(=O)c2c1)C(=O)OC. The van der Waals surface area contributed by atoms with Gasteiger partial charge in [-0.25, -0.2) is 9.59 Å². The summed E-state index contributed by atoms with van der Waals surface area (Å²) >= 11 is 7.47. The maximum Gasteiger partial charge on any atom is 0.354 e. The van der Waals surface area contributed by atoms with Crippen LogP contribution in [0.2, 0.25) is 5.02 Å². The Kier molecular flexibility index (Phi) is 5.43. The highest BCUT2D eigenvalue weighted by Crippen LogP contribution is 2.28. The molecule has 0 amide bonds. The largest absolute Gasteiger partial charge is 0.466 e. The molecule has 3 aromatic rings. The van der Waals surface area contributed by atoms with Gasteiger partial charge >= 0.3 is 11.9 Å². The summed E-state index contributed by atoms with van der Waals surface area (Å²) in [7, 11) is 2.40. The average Bonchev–Trinajstić information content (AvgIpc) is 2.67. The molecule has 0 unspecified atom stereocenters. The van der Waals surface area contributed by atoms with Crippen LogP contribution in [0.1, 0.15) is 0 Å². The van der Waals surface area contributed by atoms with Gasteiger partial charge in [-0.1, -0.05) is 11.6 Å². The van der Waals surface area contributed by atoms with Gasteiger partial charge in [0.25, 0.3) is 0 Å². The topological polar surface area (TPSA) is 81.7 Å². The third-order valence-corrected chi connectivity index (χ3v) is 5.16. The van der Waals surface area contributed by atoms with Gasteiger partial charge in [-0.2, -0.15) is 0 Å². The molecule has 3 rings (SSSR count). The van der Waals surface area contributed by atoms with Crippen LogP contribution in [0.5, 0.6) is 0 Å². The second-order valence-electron chi connectivity index (χ2n) is 5.48. The van der Waals surface area contributed by atoms with Crippen molar-refractivity contribution in [1.29, 1.82) is 0 Å². The minimum absolute atomic E-state index is 0.108. The normalized spacial score (nSPS) is 11.4. The molecule has 0 saturated carbocycles. The van der Waals surface area contributed by atoms with Gasteiger partial charge in [-0.3, -0.25) is 4.79 Å². The average molecular weight is 404 g/mol. The molecule has 0 radical (unpaired) electrons. The van der Waals surface area contributed by atoms with E-state index in [2.05, 4.69) is 14.8 Å². The predicted molar refractivity (Wildman–Crippen MR) is 106 cm³/mol. The van der Waals surface area contributed by atoms with E-state index in [1.54, 1.807) is 30.3 Å². The van der Waals surface area contributed by atoms with Gasteiger partial charge < -0.3 is 14.8 Å². The Morgan fingerprint density at radius 2 is 1.70 bits per heavy atom. The van der Waals surface area contributed by atoms with E-state index in [1.165, 1.54) is 25.6 Å². The first-order valence-corrected chi connectivity index (χ1v) is 8.93. The monoisotopic (exact) mass is 403 g/mol. The Bertz CT molecular complexity index is 1150. The fraction of sp³-hybridized carbons (Fsp3) is 0.105. The fourth-order valence-corrected chi connectivity index (χ4v) is 3.70. The second kappa shape index (κ2) is 7.77. The van der Waals surface area contributed by atoms with Gasteiger partial charge in [0.2, 0.25) is 0 Å². The maximum absolute atomic E-state index is 12.8. The summed E-state index contributed by atoms with van der Waals surface area (Å²) in [5, 5.41) is 4.28. The smallest absolute Gasteiger partial charge is 0.354 e. The van der Waals surface area contributed by atoms with Gasteiger partial charge in [0.15, 0.2) is 5.43 Å². The van der Waals surface area contributed by atoms with Crippen LogP contribution in [0, 0.1) is 0 Å². The first-order chi connectivity index (χ1) is 12.9. The van der Waals surface area contributed by atoms with Gasteiger partial charge in [0, 0.05) is 30.9 Å². The van der Waals surface area contributed by atoms with Crippen molar-refractivity contribution >= 4 is 60.7 Å². The van der Waals surface area contributed by atoms with Crippen LogP contribution < -0.4 is 10.7 Å². The highest BCUT2D eigenvalue weighted by Gasteiger charge is 2.14. The summed E-state index contributed by atoms with van der Waals surface area (Å²) in [5.74, 6) is -1.45. The molecule has 0 aliphatic carbocycles. The molecule has 138 valence electrons. The summed E-state index contributed by atoms with van der Waals surface area (Å²) in [6.07, 6.45) is 0.983. The van der Waals surface area contributed by atoms with E-state index in [-0.39, 0.29) is 11.1 Å². The van der Waals surface area contributed by atoms with Crippen molar-refractivity contribution in [3.63, 3.8) is 0 Å². The zero-order valence-electron chi connectivity index (χ0n) is 14.4. The van der Waals surface area contributed by atoms with Gasteiger partial charge in [-0.05, 0) is 36.4 Å². The lowest BCUT2D eigenvalue weighted by molar-refractivity contribution is -0.138. The van der Waals surface area contributed by atoms with E-state index in [1.807, 2.05) is 6.07 Å². The molecule has 0 spiro atoms. The lowest BCUT2D eigenvalue weighted by Crippen LogP contribution is -2.15. The number of halogens is 1. The number of methoxy groups -OCH3 is 2. The lowest BCUT2D eigenvalue weighted by Gasteiger charge is -2.10. The van der Waals surface area contributed by atoms with Crippen molar-refractivity contribution in [1.82, 2.24) is 0 Å². The molecule has 1 aromatic heterocycles. The Labute approximate surface area is 163 Å². The molecule has 0 fully saturated rings. The van der Waals surface area contributed by atoms with Crippen molar-refractivity contribution in [2.24, 2.45) is 0 Å². The van der Waals surface area contributed by atoms with Crippen LogP contribution in [0.25, 0.3) is 20.2 Å². The van der Waals surface area contributed by atoms with Crippen LogP contribution in [-0.4, -0.2) is 26.2 Å². The molecule has 8 heteroatoms. The Balaban J connectivity index is 2.10. The van der Waals surface area contributed by atoms with Crippen LogP contribution >= 0.6 is 22.9 Å². The predicted octanol–water partition coefficient (Wildman–Crippen LogP) is 3.71. The maximum atomic E-state index is 12.8. The summed E-state index contributed by atoms with van der Waals surface area (Å²) in [4.78, 5) is 36.2. The van der Waals surface area contributed by atoms with Crippen LogP contribution in [0.4, 0.5) is 5.69 Å². The number of benzene rings is 2. The Morgan fingerprint density at radius 1 is 1.04 bits per heavy atom. The molecular weight excluding hydrogens is 390 g/mol. The lowest BCUT2D eigenvalue weighted by atomic mass is 10.1. The number of esters is 2. The van der Waals surface area contributed by atoms with Crippen molar-refractivity contribution in [3.05, 3.63) is 63.4 Å². The number of ether oxygens (including phenoxy) is 2. The van der Waals surface area contributed by atoms with Crippen molar-refractivity contribution in [3.8, 4) is 0 Å².